The first kappa shape index (κ1) is 19.4. The number of para-hydroxylation sites is 1. The average molecular weight is 385 g/mol. The quantitative estimate of drug-likeness (QED) is 0.574. The van der Waals surface area contributed by atoms with E-state index in [0.717, 1.165) is 5.39 Å². The SMILES string of the molecule is COc1cc(C(=O)c2oc3c(OC)cccc3c2N(C)C)cc(OC)c1OC. The van der Waals surface area contributed by atoms with Gasteiger partial charge >= 0.3 is 0 Å². The van der Waals surface area contributed by atoms with E-state index in [1.165, 1.54) is 21.3 Å². The molecule has 0 amide bonds. The van der Waals surface area contributed by atoms with E-state index in [0.29, 0.717) is 39.8 Å². The second kappa shape index (κ2) is 7.72. The number of carbonyl (C=O) groups excluding carboxylic acids is 1. The first-order valence-corrected chi connectivity index (χ1v) is 8.58. The van der Waals surface area contributed by atoms with Gasteiger partial charge in [0.1, 0.15) is 0 Å². The molecule has 0 aliphatic rings. The highest BCUT2D eigenvalue weighted by Crippen LogP contribution is 2.42. The van der Waals surface area contributed by atoms with E-state index in [2.05, 4.69) is 0 Å². The van der Waals surface area contributed by atoms with Crippen LogP contribution < -0.4 is 23.8 Å². The van der Waals surface area contributed by atoms with Gasteiger partial charge in [0.15, 0.2) is 28.6 Å². The van der Waals surface area contributed by atoms with Gasteiger partial charge in [0.05, 0.1) is 34.1 Å². The lowest BCUT2D eigenvalue weighted by Gasteiger charge is -2.15. The lowest BCUT2D eigenvalue weighted by molar-refractivity contribution is 0.101. The fourth-order valence-electron chi connectivity index (χ4n) is 3.18. The van der Waals surface area contributed by atoms with Crippen molar-refractivity contribution in [2.75, 3.05) is 47.4 Å². The molecular weight excluding hydrogens is 362 g/mol. The predicted molar refractivity (Wildman–Crippen MR) is 107 cm³/mol. The Morgan fingerprint density at radius 3 is 2.00 bits per heavy atom. The first-order chi connectivity index (χ1) is 13.5. The van der Waals surface area contributed by atoms with E-state index in [-0.39, 0.29) is 11.5 Å². The zero-order valence-corrected chi connectivity index (χ0v) is 16.8. The van der Waals surface area contributed by atoms with Crippen molar-refractivity contribution in [1.29, 1.82) is 0 Å². The summed E-state index contributed by atoms with van der Waals surface area (Å²) in [5, 5.41) is 0.792. The van der Waals surface area contributed by atoms with Gasteiger partial charge < -0.3 is 28.3 Å². The number of fused-ring (bicyclic) bond motifs is 1. The normalized spacial score (nSPS) is 10.6. The van der Waals surface area contributed by atoms with E-state index in [9.17, 15) is 4.79 Å². The van der Waals surface area contributed by atoms with Crippen LogP contribution in [-0.2, 0) is 0 Å². The standard InChI is InChI=1S/C21H23NO6/c1-22(2)17-13-8-7-9-14(24-3)19(13)28-21(17)18(23)12-10-15(25-4)20(27-6)16(11-12)26-5/h7-11H,1-6H3. The predicted octanol–water partition coefficient (Wildman–Crippen LogP) is 3.76. The smallest absolute Gasteiger partial charge is 0.230 e. The van der Waals surface area contributed by atoms with Crippen LogP contribution in [0, 0.1) is 0 Å². The number of hydrogen-bond acceptors (Lipinski definition) is 7. The molecular formula is C21H23NO6. The molecule has 0 radical (unpaired) electrons. The fourth-order valence-corrected chi connectivity index (χ4v) is 3.18. The van der Waals surface area contributed by atoms with E-state index < -0.39 is 0 Å². The molecule has 0 fully saturated rings. The van der Waals surface area contributed by atoms with Gasteiger partial charge in [-0.25, -0.2) is 0 Å². The van der Waals surface area contributed by atoms with Gasteiger partial charge in [0.2, 0.25) is 11.5 Å². The summed E-state index contributed by atoms with van der Waals surface area (Å²) in [5.74, 6) is 1.67. The van der Waals surface area contributed by atoms with Gasteiger partial charge in [-0.1, -0.05) is 6.07 Å². The molecule has 0 unspecified atom stereocenters. The van der Waals surface area contributed by atoms with Crippen molar-refractivity contribution in [3.05, 3.63) is 41.7 Å². The molecule has 2 aromatic carbocycles. The zero-order valence-electron chi connectivity index (χ0n) is 16.8. The molecule has 7 nitrogen and oxygen atoms in total. The summed E-state index contributed by atoms with van der Waals surface area (Å²) in [4.78, 5) is 15.2. The summed E-state index contributed by atoms with van der Waals surface area (Å²) < 4.78 is 27.4. The molecule has 0 aliphatic heterocycles. The van der Waals surface area contributed by atoms with Crippen LogP contribution in [0.25, 0.3) is 11.0 Å². The van der Waals surface area contributed by atoms with E-state index in [1.807, 2.05) is 31.1 Å². The highest BCUT2D eigenvalue weighted by molar-refractivity contribution is 6.16. The molecule has 7 heteroatoms. The van der Waals surface area contributed by atoms with Gasteiger partial charge in [-0.2, -0.15) is 0 Å². The van der Waals surface area contributed by atoms with E-state index in [4.69, 9.17) is 23.4 Å². The van der Waals surface area contributed by atoms with Crippen LogP contribution in [-0.4, -0.2) is 48.3 Å². The number of anilines is 1. The minimum Gasteiger partial charge on any atom is -0.493 e. The molecule has 0 saturated carbocycles. The van der Waals surface area contributed by atoms with Gasteiger partial charge in [-0.05, 0) is 24.3 Å². The molecule has 148 valence electrons. The third-order valence-electron chi connectivity index (χ3n) is 4.45. The van der Waals surface area contributed by atoms with Crippen LogP contribution in [0.15, 0.2) is 34.7 Å². The summed E-state index contributed by atoms with van der Waals surface area (Å²) in [6.45, 7) is 0. The van der Waals surface area contributed by atoms with Crippen molar-refractivity contribution in [2.45, 2.75) is 0 Å². The maximum Gasteiger partial charge on any atom is 0.230 e. The van der Waals surface area contributed by atoms with Crippen molar-refractivity contribution in [3.63, 3.8) is 0 Å². The third kappa shape index (κ3) is 3.09. The second-order valence-electron chi connectivity index (χ2n) is 6.25. The summed E-state index contributed by atoms with van der Waals surface area (Å²) in [5.41, 5.74) is 1.55. The van der Waals surface area contributed by atoms with Crippen LogP contribution in [0.2, 0.25) is 0 Å². The summed E-state index contributed by atoms with van der Waals surface area (Å²) in [7, 11) is 9.79. The van der Waals surface area contributed by atoms with Crippen molar-refractivity contribution in [2.24, 2.45) is 0 Å². The largest absolute Gasteiger partial charge is 0.493 e. The van der Waals surface area contributed by atoms with E-state index in [1.54, 1.807) is 25.3 Å². The summed E-state index contributed by atoms with van der Waals surface area (Å²) in [6, 6.07) is 8.75. The fraction of sp³-hybridized carbons (Fsp3) is 0.286. The summed E-state index contributed by atoms with van der Waals surface area (Å²) in [6.07, 6.45) is 0. The minimum atomic E-state index is -0.304. The number of ketones is 1. The Hall–Kier alpha value is -3.35. The first-order valence-electron chi connectivity index (χ1n) is 8.58. The van der Waals surface area contributed by atoms with Gasteiger partial charge in [0.25, 0.3) is 0 Å². The molecule has 0 saturated heterocycles. The minimum absolute atomic E-state index is 0.207. The number of ether oxygens (including phenoxy) is 4. The van der Waals surface area contributed by atoms with Crippen LogP contribution in [0.5, 0.6) is 23.0 Å². The second-order valence-corrected chi connectivity index (χ2v) is 6.25. The van der Waals surface area contributed by atoms with Crippen LogP contribution in [0.1, 0.15) is 16.1 Å². The van der Waals surface area contributed by atoms with Gasteiger partial charge in [-0.3, -0.25) is 4.79 Å². The maximum atomic E-state index is 13.4. The molecule has 0 aliphatic carbocycles. The Morgan fingerprint density at radius 2 is 1.50 bits per heavy atom. The highest BCUT2D eigenvalue weighted by atomic mass is 16.5. The Kier molecular flexibility index (Phi) is 5.35. The molecule has 0 spiro atoms. The van der Waals surface area contributed by atoms with E-state index >= 15 is 0 Å². The van der Waals surface area contributed by atoms with Crippen molar-refractivity contribution in [1.82, 2.24) is 0 Å². The van der Waals surface area contributed by atoms with Gasteiger partial charge in [-0.15, -0.1) is 0 Å². The Morgan fingerprint density at radius 1 is 0.893 bits per heavy atom. The van der Waals surface area contributed by atoms with Crippen molar-refractivity contribution in [3.8, 4) is 23.0 Å². The number of nitrogens with zero attached hydrogens (tertiary/aromatic N) is 1. The number of furan rings is 1. The average Bonchev–Trinajstić information content (AvgIpc) is 3.11. The maximum absolute atomic E-state index is 13.4. The zero-order chi connectivity index (χ0) is 20.4. The lowest BCUT2D eigenvalue weighted by atomic mass is 10.1. The van der Waals surface area contributed by atoms with Crippen LogP contribution in [0.4, 0.5) is 5.69 Å². The molecule has 3 rings (SSSR count). The van der Waals surface area contributed by atoms with Crippen LogP contribution in [0.3, 0.4) is 0 Å². The number of hydrogen-bond donors (Lipinski definition) is 0. The summed E-state index contributed by atoms with van der Waals surface area (Å²) >= 11 is 0. The monoisotopic (exact) mass is 385 g/mol. The molecule has 0 atom stereocenters. The Labute approximate surface area is 163 Å². The lowest BCUT2D eigenvalue weighted by Crippen LogP contribution is -2.13. The molecule has 3 aromatic rings. The topological polar surface area (TPSA) is 70.4 Å². The van der Waals surface area contributed by atoms with Crippen molar-refractivity contribution >= 4 is 22.4 Å². The Bertz CT molecular complexity index is 996. The third-order valence-corrected chi connectivity index (χ3v) is 4.45. The van der Waals surface area contributed by atoms with Gasteiger partial charge in [0, 0.05) is 25.0 Å². The number of rotatable bonds is 7. The molecule has 0 bridgehead atoms. The number of carbonyl (C=O) groups is 1. The van der Waals surface area contributed by atoms with Crippen molar-refractivity contribution < 1.29 is 28.2 Å². The molecule has 28 heavy (non-hydrogen) atoms. The number of methoxy groups -OCH3 is 4. The van der Waals surface area contributed by atoms with Crippen LogP contribution >= 0.6 is 0 Å². The highest BCUT2D eigenvalue weighted by Gasteiger charge is 2.27. The molecule has 0 N–H and O–H groups in total. The number of benzene rings is 2. The molecule has 1 aromatic heterocycles. The Balaban J connectivity index is 2.23. The molecule has 1 heterocycles.